The molecule has 6 nitrogen and oxygen atoms in total. The maximum atomic E-state index is 12.6. The van der Waals surface area contributed by atoms with Gasteiger partial charge in [-0.1, -0.05) is 78.5 Å². The van der Waals surface area contributed by atoms with E-state index in [-0.39, 0.29) is 11.7 Å². The van der Waals surface area contributed by atoms with Crippen molar-refractivity contribution in [2.75, 3.05) is 11.1 Å². The molecule has 30 heavy (non-hydrogen) atoms. The molecule has 0 aliphatic heterocycles. The number of carbonyl (C=O) groups is 1. The minimum absolute atomic E-state index is 0.0974. The van der Waals surface area contributed by atoms with E-state index in [1.165, 1.54) is 17.3 Å². The monoisotopic (exact) mass is 415 g/mol. The minimum atomic E-state index is -0.0974. The molecule has 1 N–H and O–H groups in total. The topological polar surface area (TPSA) is 72.7 Å². The van der Waals surface area contributed by atoms with Gasteiger partial charge in [-0.15, -0.1) is 5.10 Å². The lowest BCUT2D eigenvalue weighted by Crippen LogP contribution is -2.16. The number of hydrogen-bond acceptors (Lipinski definition) is 5. The van der Waals surface area contributed by atoms with E-state index in [0.29, 0.717) is 5.16 Å². The summed E-state index contributed by atoms with van der Waals surface area (Å²) >= 11 is 1.31. The first kappa shape index (κ1) is 19.8. The molecular weight excluding hydrogens is 394 g/mol. The molecule has 0 bridgehead atoms. The van der Waals surface area contributed by atoms with Gasteiger partial charge in [0.25, 0.3) is 0 Å². The van der Waals surface area contributed by atoms with Gasteiger partial charge in [-0.05, 0) is 52.6 Å². The van der Waals surface area contributed by atoms with Crippen LogP contribution in [0.1, 0.15) is 16.7 Å². The zero-order valence-corrected chi connectivity index (χ0v) is 17.3. The van der Waals surface area contributed by atoms with Crippen molar-refractivity contribution in [2.45, 2.75) is 18.5 Å². The highest BCUT2D eigenvalue weighted by molar-refractivity contribution is 7.99. The Morgan fingerprint density at radius 3 is 2.53 bits per heavy atom. The second kappa shape index (κ2) is 9.37. The molecule has 1 aromatic heterocycles. The number of tetrazole rings is 1. The van der Waals surface area contributed by atoms with Crippen molar-refractivity contribution in [1.82, 2.24) is 20.2 Å². The number of rotatable bonds is 7. The summed E-state index contributed by atoms with van der Waals surface area (Å²) < 4.78 is 1.66. The quantitative estimate of drug-likeness (QED) is 0.456. The third-order valence-electron chi connectivity index (χ3n) is 4.65. The molecule has 0 aliphatic rings. The van der Waals surface area contributed by atoms with E-state index >= 15 is 0 Å². The van der Waals surface area contributed by atoms with Crippen LogP contribution in [0.15, 0.2) is 84.0 Å². The van der Waals surface area contributed by atoms with Crippen LogP contribution in [0, 0.1) is 6.92 Å². The number of thioether (sulfide) groups is 1. The van der Waals surface area contributed by atoms with Gasteiger partial charge in [0.15, 0.2) is 0 Å². The number of aryl methyl sites for hydroxylation is 1. The second-order valence-corrected chi connectivity index (χ2v) is 7.76. The Morgan fingerprint density at radius 1 is 0.967 bits per heavy atom. The highest BCUT2D eigenvalue weighted by Crippen LogP contribution is 2.22. The van der Waals surface area contributed by atoms with Crippen LogP contribution < -0.4 is 5.32 Å². The largest absolute Gasteiger partial charge is 0.325 e. The number of para-hydroxylation sites is 2. The van der Waals surface area contributed by atoms with Crippen LogP contribution in [-0.2, 0) is 11.2 Å². The van der Waals surface area contributed by atoms with Crippen LogP contribution in [0.5, 0.6) is 0 Å². The Kier molecular flexibility index (Phi) is 6.20. The molecule has 4 aromatic rings. The van der Waals surface area contributed by atoms with E-state index in [1.807, 2.05) is 73.7 Å². The summed E-state index contributed by atoms with van der Waals surface area (Å²) in [7, 11) is 0. The van der Waals surface area contributed by atoms with Crippen LogP contribution in [0.2, 0.25) is 0 Å². The molecule has 1 amide bonds. The second-order valence-electron chi connectivity index (χ2n) is 6.82. The number of anilines is 1. The highest BCUT2D eigenvalue weighted by atomic mass is 32.2. The molecule has 1 heterocycles. The van der Waals surface area contributed by atoms with Crippen molar-refractivity contribution in [2.24, 2.45) is 0 Å². The normalized spacial score (nSPS) is 10.7. The van der Waals surface area contributed by atoms with Crippen LogP contribution in [0.4, 0.5) is 5.69 Å². The fourth-order valence-electron chi connectivity index (χ4n) is 3.15. The molecule has 0 aliphatic carbocycles. The molecule has 0 saturated carbocycles. The van der Waals surface area contributed by atoms with E-state index in [0.717, 1.165) is 28.9 Å². The summed E-state index contributed by atoms with van der Waals surface area (Å²) in [5, 5.41) is 15.5. The number of hydrogen-bond donors (Lipinski definition) is 1. The first-order valence-corrected chi connectivity index (χ1v) is 10.6. The van der Waals surface area contributed by atoms with Gasteiger partial charge in [0.2, 0.25) is 11.1 Å². The molecule has 0 fully saturated rings. The van der Waals surface area contributed by atoms with Crippen LogP contribution >= 0.6 is 11.8 Å². The van der Waals surface area contributed by atoms with Gasteiger partial charge in [-0.2, -0.15) is 4.68 Å². The summed E-state index contributed by atoms with van der Waals surface area (Å²) in [4.78, 5) is 12.6. The Bertz CT molecular complexity index is 1140. The van der Waals surface area contributed by atoms with Crippen molar-refractivity contribution in [3.05, 3.63) is 95.6 Å². The summed E-state index contributed by atoms with van der Waals surface area (Å²) in [6, 6.07) is 25.9. The first-order chi connectivity index (χ1) is 14.7. The average molecular weight is 416 g/mol. The van der Waals surface area contributed by atoms with Gasteiger partial charge in [0.05, 0.1) is 11.4 Å². The molecule has 150 valence electrons. The molecular formula is C23H21N5OS. The maximum absolute atomic E-state index is 12.6. The van der Waals surface area contributed by atoms with Gasteiger partial charge in [-0.25, -0.2) is 0 Å². The third-order valence-corrected chi connectivity index (χ3v) is 5.57. The Hall–Kier alpha value is -3.45. The van der Waals surface area contributed by atoms with Gasteiger partial charge >= 0.3 is 0 Å². The number of carbonyl (C=O) groups excluding carboxylic acids is 1. The van der Waals surface area contributed by atoms with E-state index in [4.69, 9.17) is 0 Å². The fraction of sp³-hybridized carbons (Fsp3) is 0.130. The third kappa shape index (κ3) is 4.75. The zero-order valence-electron chi connectivity index (χ0n) is 16.5. The number of benzene rings is 3. The molecule has 0 spiro atoms. The van der Waals surface area contributed by atoms with Crippen LogP contribution in [-0.4, -0.2) is 31.9 Å². The van der Waals surface area contributed by atoms with E-state index in [9.17, 15) is 4.79 Å². The molecule has 0 radical (unpaired) electrons. The molecule has 0 unspecified atom stereocenters. The van der Waals surface area contributed by atoms with Crippen LogP contribution in [0.25, 0.3) is 5.69 Å². The molecule has 7 heteroatoms. The van der Waals surface area contributed by atoms with Gasteiger partial charge in [0.1, 0.15) is 0 Å². The van der Waals surface area contributed by atoms with Crippen molar-refractivity contribution in [3.63, 3.8) is 0 Å². The summed E-state index contributed by atoms with van der Waals surface area (Å²) in [5.74, 6) is 0.117. The van der Waals surface area contributed by atoms with Gasteiger partial charge in [-0.3, -0.25) is 4.79 Å². The van der Waals surface area contributed by atoms with Crippen molar-refractivity contribution in [3.8, 4) is 5.69 Å². The first-order valence-electron chi connectivity index (χ1n) is 9.59. The lowest BCUT2D eigenvalue weighted by Gasteiger charge is -2.11. The summed E-state index contributed by atoms with van der Waals surface area (Å²) in [6.07, 6.45) is 0.760. The van der Waals surface area contributed by atoms with Crippen LogP contribution in [0.3, 0.4) is 0 Å². The molecule has 4 rings (SSSR count). The van der Waals surface area contributed by atoms with Gasteiger partial charge in [0, 0.05) is 5.69 Å². The predicted molar refractivity (Wildman–Crippen MR) is 119 cm³/mol. The van der Waals surface area contributed by atoms with E-state index in [2.05, 4.69) is 33.0 Å². The van der Waals surface area contributed by atoms with Crippen molar-refractivity contribution in [1.29, 1.82) is 0 Å². The predicted octanol–water partition coefficient (Wildman–Crippen LogP) is 4.29. The number of nitrogens with one attached hydrogen (secondary N) is 1. The smallest absolute Gasteiger partial charge is 0.234 e. The standard InChI is InChI=1S/C23H21N5OS/c1-17-9-5-8-14-21(17)28-23(25-26-27-28)30-16-22(29)24-20-13-7-6-12-19(20)15-18-10-3-2-4-11-18/h2-14H,15-16H2,1H3,(H,24,29). The van der Waals surface area contributed by atoms with Gasteiger partial charge < -0.3 is 5.32 Å². The number of amides is 1. The lowest BCUT2D eigenvalue weighted by atomic mass is 10.0. The summed E-state index contributed by atoms with van der Waals surface area (Å²) in [6.45, 7) is 2.00. The number of aromatic nitrogens is 4. The lowest BCUT2D eigenvalue weighted by molar-refractivity contribution is -0.113. The Morgan fingerprint density at radius 2 is 1.70 bits per heavy atom. The minimum Gasteiger partial charge on any atom is -0.325 e. The highest BCUT2D eigenvalue weighted by Gasteiger charge is 2.14. The molecule has 0 saturated heterocycles. The van der Waals surface area contributed by atoms with E-state index < -0.39 is 0 Å². The Labute approximate surface area is 179 Å². The zero-order chi connectivity index (χ0) is 20.8. The summed E-state index contributed by atoms with van der Waals surface area (Å²) in [5.41, 5.74) is 5.06. The van der Waals surface area contributed by atoms with Crippen molar-refractivity contribution < 1.29 is 4.79 Å². The number of nitrogens with zero attached hydrogens (tertiary/aromatic N) is 4. The van der Waals surface area contributed by atoms with E-state index in [1.54, 1.807) is 4.68 Å². The average Bonchev–Trinajstić information content (AvgIpc) is 3.23. The molecule has 3 aromatic carbocycles. The van der Waals surface area contributed by atoms with Crippen molar-refractivity contribution >= 4 is 23.4 Å². The maximum Gasteiger partial charge on any atom is 0.234 e. The fourth-order valence-corrected chi connectivity index (χ4v) is 3.83. The Balaban J connectivity index is 1.42. The SMILES string of the molecule is Cc1ccccc1-n1nnnc1SCC(=O)Nc1ccccc1Cc1ccccc1. The molecule has 0 atom stereocenters.